The summed E-state index contributed by atoms with van der Waals surface area (Å²) in [6.45, 7) is 8.23. The Kier molecular flexibility index (Phi) is 4.29. The van der Waals surface area contributed by atoms with E-state index in [-0.39, 0.29) is 5.91 Å². The fourth-order valence-electron chi connectivity index (χ4n) is 1.43. The summed E-state index contributed by atoms with van der Waals surface area (Å²) in [6.07, 6.45) is 0. The van der Waals surface area contributed by atoms with Crippen LogP contribution < -0.4 is 5.32 Å². The number of carbonyl (C=O) groups excluding carboxylic acids is 1. The first kappa shape index (κ1) is 13.7. The molecular formula is C14H21NO2. The van der Waals surface area contributed by atoms with Crippen LogP contribution in [0.4, 0.5) is 0 Å². The number of benzene rings is 1. The topological polar surface area (TPSA) is 49.3 Å². The molecule has 2 N–H and O–H groups in total. The fourth-order valence-corrected chi connectivity index (χ4v) is 1.43. The Bertz CT molecular complexity index is 374. The van der Waals surface area contributed by atoms with E-state index in [0.29, 0.717) is 18.0 Å². The minimum Gasteiger partial charge on any atom is -0.386 e. The molecule has 1 aromatic carbocycles. The van der Waals surface area contributed by atoms with Crippen LogP contribution in [0.25, 0.3) is 0 Å². The van der Waals surface area contributed by atoms with E-state index in [1.54, 1.807) is 38.1 Å². The zero-order valence-electron chi connectivity index (χ0n) is 10.9. The maximum Gasteiger partial charge on any atom is 0.251 e. The van der Waals surface area contributed by atoms with Gasteiger partial charge in [-0.05, 0) is 37.5 Å². The van der Waals surface area contributed by atoms with Gasteiger partial charge < -0.3 is 10.4 Å². The molecule has 0 aliphatic heterocycles. The predicted molar refractivity (Wildman–Crippen MR) is 68.9 cm³/mol. The number of amides is 1. The van der Waals surface area contributed by atoms with Gasteiger partial charge in [0.15, 0.2) is 0 Å². The first-order chi connectivity index (χ1) is 7.80. The Labute approximate surface area is 103 Å². The van der Waals surface area contributed by atoms with Crippen LogP contribution in [0.5, 0.6) is 0 Å². The highest BCUT2D eigenvalue weighted by Gasteiger charge is 2.16. The number of rotatable bonds is 4. The normalized spacial score (nSPS) is 11.6. The van der Waals surface area contributed by atoms with Gasteiger partial charge in [0.05, 0.1) is 5.60 Å². The third-order valence-electron chi connectivity index (χ3n) is 2.52. The Morgan fingerprint density at radius 2 is 1.82 bits per heavy atom. The maximum absolute atomic E-state index is 11.7. The van der Waals surface area contributed by atoms with Crippen LogP contribution in [0.2, 0.25) is 0 Å². The predicted octanol–water partition coefficient (Wildman–Crippen LogP) is 2.30. The van der Waals surface area contributed by atoms with Crippen LogP contribution in [0.15, 0.2) is 24.3 Å². The summed E-state index contributed by atoms with van der Waals surface area (Å²) in [5.74, 6) is 0.371. The summed E-state index contributed by atoms with van der Waals surface area (Å²) in [5.41, 5.74) is 0.559. The number of carbonyl (C=O) groups is 1. The van der Waals surface area contributed by atoms with Gasteiger partial charge in [-0.2, -0.15) is 0 Å². The molecule has 17 heavy (non-hydrogen) atoms. The van der Waals surface area contributed by atoms with Gasteiger partial charge in [-0.25, -0.2) is 0 Å². The lowest BCUT2D eigenvalue weighted by atomic mass is 9.97. The molecular weight excluding hydrogens is 214 g/mol. The van der Waals surface area contributed by atoms with Crippen LogP contribution in [0.3, 0.4) is 0 Å². The second-order valence-corrected chi connectivity index (χ2v) is 5.24. The van der Waals surface area contributed by atoms with Gasteiger partial charge in [-0.15, -0.1) is 0 Å². The first-order valence-electron chi connectivity index (χ1n) is 5.92. The second-order valence-electron chi connectivity index (χ2n) is 5.24. The van der Waals surface area contributed by atoms with Crippen molar-refractivity contribution < 1.29 is 9.90 Å². The van der Waals surface area contributed by atoms with Gasteiger partial charge in [0, 0.05) is 12.1 Å². The molecule has 0 unspecified atom stereocenters. The van der Waals surface area contributed by atoms with Crippen molar-refractivity contribution in [3.8, 4) is 0 Å². The van der Waals surface area contributed by atoms with Crippen LogP contribution >= 0.6 is 0 Å². The second kappa shape index (κ2) is 5.32. The van der Waals surface area contributed by atoms with Gasteiger partial charge in [0.25, 0.3) is 5.91 Å². The Morgan fingerprint density at radius 1 is 1.29 bits per heavy atom. The lowest BCUT2D eigenvalue weighted by Gasteiger charge is -2.17. The van der Waals surface area contributed by atoms with E-state index in [9.17, 15) is 9.90 Å². The van der Waals surface area contributed by atoms with E-state index in [1.165, 1.54) is 0 Å². The molecule has 0 bridgehead atoms. The molecule has 0 fully saturated rings. The molecule has 1 aromatic rings. The number of aliphatic hydroxyl groups is 1. The molecule has 0 heterocycles. The summed E-state index contributed by atoms with van der Waals surface area (Å²) < 4.78 is 0. The molecule has 0 saturated carbocycles. The average molecular weight is 235 g/mol. The maximum atomic E-state index is 11.7. The quantitative estimate of drug-likeness (QED) is 0.841. The van der Waals surface area contributed by atoms with E-state index in [2.05, 4.69) is 19.2 Å². The minimum atomic E-state index is -0.868. The van der Waals surface area contributed by atoms with Crippen LogP contribution in [-0.2, 0) is 5.60 Å². The summed E-state index contributed by atoms with van der Waals surface area (Å²) in [6, 6.07) is 7.04. The summed E-state index contributed by atoms with van der Waals surface area (Å²) in [7, 11) is 0. The monoisotopic (exact) mass is 235 g/mol. The molecule has 0 spiro atoms. The van der Waals surface area contributed by atoms with Gasteiger partial charge >= 0.3 is 0 Å². The van der Waals surface area contributed by atoms with Crippen LogP contribution in [0.1, 0.15) is 43.6 Å². The van der Waals surface area contributed by atoms with Gasteiger partial charge in [-0.3, -0.25) is 4.79 Å². The standard InChI is InChI=1S/C14H21NO2/c1-10(2)9-15-13(16)11-5-7-12(8-6-11)14(3,4)17/h5-8,10,17H,9H2,1-4H3,(H,15,16). The van der Waals surface area contributed by atoms with Crippen LogP contribution in [0, 0.1) is 5.92 Å². The van der Waals surface area contributed by atoms with Crippen molar-refractivity contribution >= 4 is 5.91 Å². The van der Waals surface area contributed by atoms with Gasteiger partial charge in [0.2, 0.25) is 0 Å². The summed E-state index contributed by atoms with van der Waals surface area (Å²) in [4.78, 5) is 11.7. The smallest absolute Gasteiger partial charge is 0.251 e. The third kappa shape index (κ3) is 4.19. The highest BCUT2D eigenvalue weighted by molar-refractivity contribution is 5.94. The van der Waals surface area contributed by atoms with Crippen molar-refractivity contribution in [1.29, 1.82) is 0 Å². The average Bonchev–Trinajstić information content (AvgIpc) is 2.25. The van der Waals surface area contributed by atoms with E-state index >= 15 is 0 Å². The molecule has 94 valence electrons. The molecule has 0 saturated heterocycles. The minimum absolute atomic E-state index is 0.0685. The largest absolute Gasteiger partial charge is 0.386 e. The van der Waals surface area contributed by atoms with E-state index in [0.717, 1.165) is 5.56 Å². The highest BCUT2D eigenvalue weighted by Crippen LogP contribution is 2.19. The number of hydrogen-bond donors (Lipinski definition) is 2. The molecule has 3 heteroatoms. The van der Waals surface area contributed by atoms with Crippen molar-refractivity contribution in [3.63, 3.8) is 0 Å². The molecule has 1 rings (SSSR count). The molecule has 0 radical (unpaired) electrons. The summed E-state index contributed by atoms with van der Waals surface area (Å²) >= 11 is 0. The zero-order chi connectivity index (χ0) is 13.1. The molecule has 0 aliphatic rings. The van der Waals surface area contributed by atoms with Crippen molar-refractivity contribution in [2.75, 3.05) is 6.54 Å². The van der Waals surface area contributed by atoms with Crippen molar-refractivity contribution in [3.05, 3.63) is 35.4 Å². The summed E-state index contributed by atoms with van der Waals surface area (Å²) in [5, 5.41) is 12.6. The van der Waals surface area contributed by atoms with Crippen LogP contribution in [-0.4, -0.2) is 17.6 Å². The lowest BCUT2D eigenvalue weighted by molar-refractivity contribution is 0.0784. The van der Waals surface area contributed by atoms with Gasteiger partial charge in [0.1, 0.15) is 0 Å². The van der Waals surface area contributed by atoms with Gasteiger partial charge in [-0.1, -0.05) is 26.0 Å². The third-order valence-corrected chi connectivity index (χ3v) is 2.52. The Hall–Kier alpha value is -1.35. The van der Waals surface area contributed by atoms with Crippen molar-refractivity contribution in [2.24, 2.45) is 5.92 Å². The molecule has 0 aliphatic carbocycles. The highest BCUT2D eigenvalue weighted by atomic mass is 16.3. The number of hydrogen-bond acceptors (Lipinski definition) is 2. The number of nitrogens with one attached hydrogen (secondary N) is 1. The zero-order valence-corrected chi connectivity index (χ0v) is 10.9. The fraction of sp³-hybridized carbons (Fsp3) is 0.500. The van der Waals surface area contributed by atoms with E-state index < -0.39 is 5.60 Å². The van der Waals surface area contributed by atoms with Crippen molar-refractivity contribution in [1.82, 2.24) is 5.32 Å². The first-order valence-corrected chi connectivity index (χ1v) is 5.92. The van der Waals surface area contributed by atoms with E-state index in [4.69, 9.17) is 0 Å². The SMILES string of the molecule is CC(C)CNC(=O)c1ccc(C(C)(C)O)cc1. The molecule has 3 nitrogen and oxygen atoms in total. The molecule has 0 atom stereocenters. The Morgan fingerprint density at radius 3 is 2.24 bits per heavy atom. The lowest BCUT2D eigenvalue weighted by Crippen LogP contribution is -2.27. The van der Waals surface area contributed by atoms with Crippen molar-refractivity contribution in [2.45, 2.75) is 33.3 Å². The van der Waals surface area contributed by atoms with E-state index in [1.807, 2.05) is 0 Å². The molecule has 1 amide bonds. The Balaban J connectivity index is 2.71. The molecule has 0 aromatic heterocycles.